The van der Waals surface area contributed by atoms with E-state index in [0.29, 0.717) is 12.6 Å². The third-order valence-electron chi connectivity index (χ3n) is 3.70. The molecule has 2 rings (SSSR count). The van der Waals surface area contributed by atoms with Crippen LogP contribution in [0.5, 0.6) is 0 Å². The molecule has 94 valence electrons. The van der Waals surface area contributed by atoms with E-state index >= 15 is 0 Å². The highest BCUT2D eigenvalue weighted by Crippen LogP contribution is 2.26. The number of nitrogens with two attached hydrogens (primary N) is 1. The topological polar surface area (TPSA) is 32.5 Å². The van der Waals surface area contributed by atoms with Gasteiger partial charge in [0.05, 0.1) is 0 Å². The van der Waals surface area contributed by atoms with Gasteiger partial charge in [0.25, 0.3) is 0 Å². The first kappa shape index (κ1) is 12.4. The van der Waals surface area contributed by atoms with Gasteiger partial charge in [-0.15, -0.1) is 0 Å². The molecule has 1 atom stereocenters. The van der Waals surface area contributed by atoms with Crippen LogP contribution in [0, 0.1) is 6.92 Å². The van der Waals surface area contributed by atoms with Crippen LogP contribution in [0.15, 0.2) is 18.2 Å². The molecule has 1 aromatic carbocycles. The third kappa shape index (κ3) is 2.61. The Hall–Kier alpha value is -1.06. The van der Waals surface area contributed by atoms with Gasteiger partial charge in [0, 0.05) is 31.4 Å². The van der Waals surface area contributed by atoms with Crippen molar-refractivity contribution < 1.29 is 0 Å². The highest BCUT2D eigenvalue weighted by atomic mass is 15.2. The Kier molecular flexibility index (Phi) is 3.69. The van der Waals surface area contributed by atoms with Crippen LogP contribution in [0.2, 0.25) is 0 Å². The average molecular weight is 233 g/mol. The van der Waals surface area contributed by atoms with Gasteiger partial charge in [0.1, 0.15) is 0 Å². The zero-order valence-corrected chi connectivity index (χ0v) is 11.1. The van der Waals surface area contributed by atoms with E-state index in [4.69, 9.17) is 5.73 Å². The third-order valence-corrected chi connectivity index (χ3v) is 3.70. The second-order valence-electron chi connectivity index (χ2n) is 5.19. The molecule has 0 aliphatic carbocycles. The summed E-state index contributed by atoms with van der Waals surface area (Å²) in [6.07, 6.45) is 1.24. The van der Waals surface area contributed by atoms with Crippen LogP contribution < -0.4 is 10.6 Å². The SMILES string of the molecule is Cc1ccc(CN)c(N2CCC(N(C)C)C2)c1. The summed E-state index contributed by atoms with van der Waals surface area (Å²) in [5.41, 5.74) is 9.73. The Bertz CT molecular complexity index is 387. The molecule has 3 heteroatoms. The van der Waals surface area contributed by atoms with Crippen molar-refractivity contribution in [1.29, 1.82) is 0 Å². The predicted octanol–water partition coefficient (Wildman–Crippen LogP) is 1.59. The Balaban J connectivity index is 2.20. The first-order chi connectivity index (χ1) is 8.11. The molecule has 1 aliphatic rings. The lowest BCUT2D eigenvalue weighted by molar-refractivity contribution is 0.315. The summed E-state index contributed by atoms with van der Waals surface area (Å²) in [6.45, 7) is 5.02. The minimum Gasteiger partial charge on any atom is -0.370 e. The van der Waals surface area contributed by atoms with Gasteiger partial charge in [-0.25, -0.2) is 0 Å². The highest BCUT2D eigenvalue weighted by molar-refractivity contribution is 5.56. The normalized spacial score (nSPS) is 20.3. The van der Waals surface area contributed by atoms with Gasteiger partial charge in [-0.05, 0) is 44.6 Å². The molecule has 3 nitrogen and oxygen atoms in total. The van der Waals surface area contributed by atoms with Crippen LogP contribution in [0.3, 0.4) is 0 Å². The Morgan fingerprint density at radius 3 is 2.76 bits per heavy atom. The number of hydrogen-bond donors (Lipinski definition) is 1. The van der Waals surface area contributed by atoms with E-state index in [1.165, 1.54) is 23.2 Å². The molecule has 0 bridgehead atoms. The number of likely N-dealkylation sites (N-methyl/N-ethyl adjacent to an activating group) is 1. The highest BCUT2D eigenvalue weighted by Gasteiger charge is 2.25. The average Bonchev–Trinajstić information content (AvgIpc) is 2.78. The Labute approximate surface area is 104 Å². The molecule has 1 aromatic rings. The lowest BCUT2D eigenvalue weighted by Gasteiger charge is -2.24. The first-order valence-electron chi connectivity index (χ1n) is 6.33. The van der Waals surface area contributed by atoms with E-state index < -0.39 is 0 Å². The van der Waals surface area contributed by atoms with Crippen LogP contribution in [0.25, 0.3) is 0 Å². The summed E-state index contributed by atoms with van der Waals surface area (Å²) in [5.74, 6) is 0. The number of nitrogens with zero attached hydrogens (tertiary/aromatic N) is 2. The molecule has 0 saturated carbocycles. The standard InChI is InChI=1S/C14H23N3/c1-11-4-5-12(9-15)14(8-11)17-7-6-13(10-17)16(2)3/h4-5,8,13H,6-7,9-10,15H2,1-3H3. The second kappa shape index (κ2) is 5.07. The number of rotatable bonds is 3. The lowest BCUT2D eigenvalue weighted by atomic mass is 10.1. The molecule has 2 N–H and O–H groups in total. The maximum atomic E-state index is 5.83. The summed E-state index contributed by atoms with van der Waals surface area (Å²) in [6, 6.07) is 7.24. The van der Waals surface area contributed by atoms with Crippen molar-refractivity contribution in [2.75, 3.05) is 32.1 Å². The van der Waals surface area contributed by atoms with E-state index in [-0.39, 0.29) is 0 Å². The summed E-state index contributed by atoms with van der Waals surface area (Å²) in [5, 5.41) is 0. The fraction of sp³-hybridized carbons (Fsp3) is 0.571. The minimum atomic E-state index is 0.624. The molecular formula is C14H23N3. The number of aryl methyl sites for hydroxylation is 1. The zero-order valence-electron chi connectivity index (χ0n) is 11.1. The largest absolute Gasteiger partial charge is 0.370 e. The minimum absolute atomic E-state index is 0.624. The van der Waals surface area contributed by atoms with Crippen LogP contribution in [0.4, 0.5) is 5.69 Å². The van der Waals surface area contributed by atoms with Crippen molar-refractivity contribution in [3.63, 3.8) is 0 Å². The summed E-state index contributed by atoms with van der Waals surface area (Å²) in [7, 11) is 4.32. The molecule has 0 radical (unpaired) electrons. The number of benzene rings is 1. The van der Waals surface area contributed by atoms with E-state index in [9.17, 15) is 0 Å². The van der Waals surface area contributed by atoms with E-state index in [1.807, 2.05) is 0 Å². The second-order valence-corrected chi connectivity index (χ2v) is 5.19. The molecule has 17 heavy (non-hydrogen) atoms. The zero-order chi connectivity index (χ0) is 12.4. The van der Waals surface area contributed by atoms with Gasteiger partial charge in [-0.1, -0.05) is 12.1 Å². The maximum Gasteiger partial charge on any atom is 0.0414 e. The predicted molar refractivity (Wildman–Crippen MR) is 73.4 cm³/mol. The van der Waals surface area contributed by atoms with Crippen LogP contribution in [-0.4, -0.2) is 38.1 Å². The fourth-order valence-corrected chi connectivity index (χ4v) is 2.52. The van der Waals surface area contributed by atoms with Gasteiger partial charge in [0.2, 0.25) is 0 Å². The monoisotopic (exact) mass is 233 g/mol. The Morgan fingerprint density at radius 1 is 1.41 bits per heavy atom. The number of anilines is 1. The molecule has 1 aliphatic heterocycles. The summed E-state index contributed by atoms with van der Waals surface area (Å²) in [4.78, 5) is 4.79. The van der Waals surface area contributed by atoms with E-state index in [2.05, 4.69) is 49.0 Å². The van der Waals surface area contributed by atoms with Gasteiger partial charge in [0.15, 0.2) is 0 Å². The first-order valence-corrected chi connectivity index (χ1v) is 6.33. The van der Waals surface area contributed by atoms with Crippen molar-refractivity contribution in [3.05, 3.63) is 29.3 Å². The smallest absolute Gasteiger partial charge is 0.0414 e. The van der Waals surface area contributed by atoms with Crippen molar-refractivity contribution in [3.8, 4) is 0 Å². The molecule has 0 aromatic heterocycles. The lowest BCUT2D eigenvalue weighted by Crippen LogP contribution is -2.31. The van der Waals surface area contributed by atoms with Crippen molar-refractivity contribution in [1.82, 2.24) is 4.90 Å². The fourth-order valence-electron chi connectivity index (χ4n) is 2.52. The molecule has 1 heterocycles. The van der Waals surface area contributed by atoms with Crippen LogP contribution in [0.1, 0.15) is 17.5 Å². The van der Waals surface area contributed by atoms with Gasteiger partial charge in [-0.3, -0.25) is 0 Å². The maximum absolute atomic E-state index is 5.83. The Morgan fingerprint density at radius 2 is 2.18 bits per heavy atom. The van der Waals surface area contributed by atoms with Crippen molar-refractivity contribution >= 4 is 5.69 Å². The molecule has 0 spiro atoms. The summed E-state index contributed by atoms with van der Waals surface area (Å²) >= 11 is 0. The molecular weight excluding hydrogens is 210 g/mol. The van der Waals surface area contributed by atoms with Crippen molar-refractivity contribution in [2.24, 2.45) is 5.73 Å². The van der Waals surface area contributed by atoms with Gasteiger partial charge < -0.3 is 15.5 Å². The molecule has 1 saturated heterocycles. The van der Waals surface area contributed by atoms with Gasteiger partial charge >= 0.3 is 0 Å². The van der Waals surface area contributed by atoms with E-state index in [1.54, 1.807) is 0 Å². The molecule has 0 amide bonds. The molecule has 1 unspecified atom stereocenters. The number of hydrogen-bond acceptors (Lipinski definition) is 3. The van der Waals surface area contributed by atoms with Gasteiger partial charge in [-0.2, -0.15) is 0 Å². The van der Waals surface area contributed by atoms with Crippen molar-refractivity contribution in [2.45, 2.75) is 25.9 Å². The van der Waals surface area contributed by atoms with Crippen LogP contribution in [-0.2, 0) is 6.54 Å². The quantitative estimate of drug-likeness (QED) is 0.860. The van der Waals surface area contributed by atoms with Crippen LogP contribution >= 0.6 is 0 Å². The molecule has 1 fully saturated rings. The van der Waals surface area contributed by atoms with E-state index in [0.717, 1.165) is 13.1 Å². The summed E-state index contributed by atoms with van der Waals surface area (Å²) < 4.78 is 0.